The van der Waals surface area contributed by atoms with Gasteiger partial charge in [0.15, 0.2) is 0 Å². The minimum Gasteiger partial charge on any atom is -0.375 e. The van der Waals surface area contributed by atoms with E-state index in [9.17, 15) is 0 Å². The van der Waals surface area contributed by atoms with Crippen molar-refractivity contribution < 1.29 is 0 Å². The first-order valence-electron chi connectivity index (χ1n) is 13.8. The maximum Gasteiger partial charge on any atom is 0.230 e. The van der Waals surface area contributed by atoms with E-state index in [1.807, 2.05) is 24.5 Å². The minimum absolute atomic E-state index is 0.606. The summed E-state index contributed by atoms with van der Waals surface area (Å²) in [5.74, 6) is 0. The highest BCUT2D eigenvalue weighted by Crippen LogP contribution is 2.38. The Morgan fingerprint density at radius 2 is 1.07 bits per heavy atom. The average molecular weight is 575 g/mol. The van der Waals surface area contributed by atoms with Crippen molar-refractivity contribution in [2.45, 2.75) is 53.4 Å². The fraction of sp³-hybridized carbons (Fsp3) is 0.400. The molecule has 0 bridgehead atoms. The van der Waals surface area contributed by atoms with Gasteiger partial charge in [-0.2, -0.15) is 0 Å². The number of aryl methyl sites for hydroxylation is 2. The maximum atomic E-state index is 4.46. The highest BCUT2D eigenvalue weighted by atomic mass is 32.1. The van der Waals surface area contributed by atoms with Gasteiger partial charge in [-0.3, -0.25) is 0 Å². The zero-order valence-corrected chi connectivity index (χ0v) is 25.9. The molecule has 2 aromatic heterocycles. The van der Waals surface area contributed by atoms with Crippen molar-refractivity contribution in [1.82, 2.24) is 9.97 Å². The van der Waals surface area contributed by atoms with Crippen LogP contribution in [0, 0.1) is 13.8 Å². The molecule has 0 aliphatic rings. The van der Waals surface area contributed by atoms with Crippen LogP contribution in [0.15, 0.2) is 69.2 Å². The molecule has 0 atom stereocenters. The number of anilines is 2. The molecule has 0 aliphatic carbocycles. The Bertz CT molecular complexity index is 1350. The van der Waals surface area contributed by atoms with E-state index in [1.165, 1.54) is 59.7 Å². The highest BCUT2D eigenvalue weighted by molar-refractivity contribution is 7.25. The summed E-state index contributed by atoms with van der Waals surface area (Å²) in [5.41, 5.74) is 6.27. The Morgan fingerprint density at radius 1 is 0.650 bits per heavy atom. The van der Waals surface area contributed by atoms with Crippen LogP contribution in [0.4, 0.5) is 33.0 Å². The predicted molar refractivity (Wildman–Crippen MR) is 170 cm³/mol. The molecule has 0 saturated heterocycles. The number of benzene rings is 2. The summed E-state index contributed by atoms with van der Waals surface area (Å²) in [4.78, 5) is 15.4. The molecule has 0 amide bonds. The third-order valence-electron chi connectivity index (χ3n) is 6.65. The summed E-state index contributed by atoms with van der Waals surface area (Å²) in [7, 11) is 4.25. The van der Waals surface area contributed by atoms with Gasteiger partial charge in [-0.15, -0.1) is 20.5 Å². The van der Waals surface area contributed by atoms with Crippen LogP contribution in [-0.2, 0) is 0 Å². The number of aromatic nitrogens is 2. The van der Waals surface area contributed by atoms with E-state index >= 15 is 0 Å². The van der Waals surface area contributed by atoms with Gasteiger partial charge in [0.05, 0.1) is 21.1 Å². The summed E-state index contributed by atoms with van der Waals surface area (Å²) in [6.45, 7) is 10.6. The van der Waals surface area contributed by atoms with Gasteiger partial charge < -0.3 is 9.80 Å². The quantitative estimate of drug-likeness (QED) is 0.149. The van der Waals surface area contributed by atoms with Crippen LogP contribution in [0.2, 0.25) is 0 Å². The Hall–Kier alpha value is -3.50. The number of unbranched alkanes of at least 4 members (excludes halogenated alkanes) is 2. The van der Waals surface area contributed by atoms with Crippen LogP contribution in [0.1, 0.15) is 50.7 Å². The number of hydrogen-bond acceptors (Lipinski definition) is 10. The highest BCUT2D eigenvalue weighted by Gasteiger charge is 2.10. The maximum absolute atomic E-state index is 4.46. The number of azo groups is 2. The molecule has 10 heteroatoms. The number of hydrogen-bond donors (Lipinski definition) is 0. The molecule has 2 aromatic carbocycles. The van der Waals surface area contributed by atoms with Crippen molar-refractivity contribution in [2.24, 2.45) is 20.5 Å². The van der Waals surface area contributed by atoms with Gasteiger partial charge in [0.2, 0.25) is 10.3 Å². The van der Waals surface area contributed by atoms with Crippen molar-refractivity contribution in [1.29, 1.82) is 0 Å². The molecular formula is C30H38N8S2. The molecule has 2 heterocycles. The second kappa shape index (κ2) is 14.2. The Morgan fingerprint density at radius 3 is 1.45 bits per heavy atom. The van der Waals surface area contributed by atoms with E-state index < -0.39 is 0 Å². The molecule has 0 fully saturated rings. The molecule has 4 aromatic rings. The van der Waals surface area contributed by atoms with Gasteiger partial charge in [0, 0.05) is 51.0 Å². The summed E-state index contributed by atoms with van der Waals surface area (Å²) in [6.07, 6.45) is 8.35. The lowest BCUT2D eigenvalue weighted by Gasteiger charge is -2.19. The largest absolute Gasteiger partial charge is 0.375 e. The third kappa shape index (κ3) is 7.79. The number of thiazole rings is 2. The smallest absolute Gasteiger partial charge is 0.230 e. The monoisotopic (exact) mass is 574 g/mol. The first-order chi connectivity index (χ1) is 19.4. The zero-order valence-electron chi connectivity index (χ0n) is 24.3. The molecule has 4 rings (SSSR count). The second-order valence-corrected chi connectivity index (χ2v) is 11.9. The van der Waals surface area contributed by atoms with Crippen molar-refractivity contribution in [3.05, 3.63) is 59.9 Å². The van der Waals surface area contributed by atoms with Gasteiger partial charge in [0.25, 0.3) is 0 Å². The molecular weight excluding hydrogens is 537 g/mol. The standard InChI is InChI=1S/C30H38N8S2/c1-7-9-15-37(5)23-11-13-25(21(3)17-23)33-35-29-31-19-27(39-29)28-20-32-30(40-28)36-34-26-14-12-24(18-22(26)4)38(6)16-10-8-2/h11-14,17-20H,7-10,15-16H2,1-6H3. The molecule has 0 aliphatic heterocycles. The molecule has 0 unspecified atom stereocenters. The van der Waals surface area contributed by atoms with Gasteiger partial charge in [-0.05, 0) is 74.2 Å². The Kier molecular flexibility index (Phi) is 10.5. The van der Waals surface area contributed by atoms with Crippen molar-refractivity contribution in [3.63, 3.8) is 0 Å². The van der Waals surface area contributed by atoms with Crippen molar-refractivity contribution in [3.8, 4) is 9.75 Å². The first-order valence-corrected chi connectivity index (χ1v) is 15.4. The predicted octanol–water partition coefficient (Wildman–Crippen LogP) is 10.2. The normalized spacial score (nSPS) is 11.7. The lowest BCUT2D eigenvalue weighted by atomic mass is 10.1. The molecule has 8 nitrogen and oxygen atoms in total. The minimum atomic E-state index is 0.606. The fourth-order valence-electron chi connectivity index (χ4n) is 4.07. The van der Waals surface area contributed by atoms with Gasteiger partial charge in [0.1, 0.15) is 0 Å². The number of nitrogens with zero attached hydrogens (tertiary/aromatic N) is 8. The van der Waals surface area contributed by atoms with Gasteiger partial charge in [-0.25, -0.2) is 9.97 Å². The lowest BCUT2D eigenvalue weighted by molar-refractivity contribution is 0.766. The molecule has 210 valence electrons. The fourth-order valence-corrected chi connectivity index (χ4v) is 5.61. The average Bonchev–Trinajstić information content (AvgIpc) is 3.63. The van der Waals surface area contributed by atoms with E-state index in [-0.39, 0.29) is 0 Å². The zero-order chi connectivity index (χ0) is 28.5. The van der Waals surface area contributed by atoms with Gasteiger partial charge >= 0.3 is 0 Å². The topological polar surface area (TPSA) is 81.7 Å². The van der Waals surface area contributed by atoms with E-state index in [0.717, 1.165) is 45.3 Å². The second-order valence-electron chi connectivity index (χ2n) is 9.91. The van der Waals surface area contributed by atoms with Crippen LogP contribution in [-0.4, -0.2) is 37.2 Å². The van der Waals surface area contributed by atoms with E-state index in [4.69, 9.17) is 0 Å². The Balaban J connectivity index is 1.39. The Labute approximate surface area is 245 Å². The first kappa shape index (κ1) is 29.5. The molecule has 0 N–H and O–H groups in total. The lowest BCUT2D eigenvalue weighted by Crippen LogP contribution is -2.18. The molecule has 40 heavy (non-hydrogen) atoms. The SMILES string of the molecule is CCCCN(C)c1ccc(N=Nc2ncc(-c3cnc(N=Nc4ccc(N(C)CCCC)cc4C)s3)s2)c(C)c1. The van der Waals surface area contributed by atoms with Gasteiger partial charge in [-0.1, -0.05) is 49.4 Å². The van der Waals surface area contributed by atoms with Crippen LogP contribution in [0.5, 0.6) is 0 Å². The van der Waals surface area contributed by atoms with E-state index in [1.54, 1.807) is 0 Å². The van der Waals surface area contributed by atoms with Crippen LogP contribution in [0.3, 0.4) is 0 Å². The third-order valence-corrected chi connectivity index (χ3v) is 8.61. The summed E-state index contributed by atoms with van der Waals surface area (Å²) >= 11 is 2.96. The van der Waals surface area contributed by atoms with Crippen molar-refractivity contribution >= 4 is 55.7 Å². The molecule has 0 spiro atoms. The molecule has 0 radical (unpaired) electrons. The van der Waals surface area contributed by atoms with Crippen molar-refractivity contribution in [2.75, 3.05) is 37.0 Å². The molecule has 0 saturated carbocycles. The summed E-state index contributed by atoms with van der Waals surface area (Å²) in [6, 6.07) is 12.6. The van der Waals surface area contributed by atoms with Crippen LogP contribution < -0.4 is 9.80 Å². The van der Waals surface area contributed by atoms with E-state index in [0.29, 0.717) is 10.3 Å². The number of rotatable bonds is 13. The van der Waals surface area contributed by atoms with E-state index in [2.05, 4.69) is 106 Å². The van der Waals surface area contributed by atoms with Crippen LogP contribution in [0.25, 0.3) is 9.75 Å². The summed E-state index contributed by atoms with van der Waals surface area (Å²) in [5, 5.41) is 18.9. The van der Waals surface area contributed by atoms with Crippen LogP contribution >= 0.6 is 22.7 Å². The summed E-state index contributed by atoms with van der Waals surface area (Å²) < 4.78 is 0.